The molecule has 0 N–H and O–H groups in total. The highest BCUT2D eigenvalue weighted by molar-refractivity contribution is 9.10. The standard InChI is InChI=1S/C7H5BrF3N/c1-3-2-4(7(10)11)12-6(8)5(3)9/h2,7H,1H3. The summed E-state index contributed by atoms with van der Waals surface area (Å²) >= 11 is 2.75. The summed E-state index contributed by atoms with van der Waals surface area (Å²) < 4.78 is 36.8. The summed E-state index contributed by atoms with van der Waals surface area (Å²) in [6.45, 7) is 1.41. The fraction of sp³-hybridized carbons (Fsp3) is 0.286. The van der Waals surface area contributed by atoms with E-state index in [0.29, 0.717) is 0 Å². The van der Waals surface area contributed by atoms with Crippen molar-refractivity contribution in [1.82, 2.24) is 4.98 Å². The van der Waals surface area contributed by atoms with Crippen LogP contribution in [0.25, 0.3) is 0 Å². The molecule has 0 bridgehead atoms. The molecule has 1 heterocycles. The minimum atomic E-state index is -2.67. The van der Waals surface area contributed by atoms with E-state index in [2.05, 4.69) is 20.9 Å². The summed E-state index contributed by atoms with van der Waals surface area (Å²) in [6, 6.07) is 1.03. The van der Waals surface area contributed by atoms with Gasteiger partial charge in [-0.25, -0.2) is 18.2 Å². The van der Waals surface area contributed by atoms with E-state index in [9.17, 15) is 13.2 Å². The molecular formula is C7H5BrF3N. The van der Waals surface area contributed by atoms with Gasteiger partial charge in [-0.2, -0.15) is 0 Å². The molecule has 0 aliphatic heterocycles. The first-order valence-corrected chi connectivity index (χ1v) is 3.92. The van der Waals surface area contributed by atoms with Crippen LogP contribution >= 0.6 is 15.9 Å². The van der Waals surface area contributed by atoms with E-state index in [1.54, 1.807) is 0 Å². The molecule has 0 aliphatic carbocycles. The SMILES string of the molecule is Cc1cc(C(F)F)nc(Br)c1F. The zero-order valence-electron chi connectivity index (χ0n) is 6.11. The van der Waals surface area contributed by atoms with Crippen LogP contribution in [-0.4, -0.2) is 4.98 Å². The summed E-state index contributed by atoms with van der Waals surface area (Å²) in [6.07, 6.45) is -2.67. The second-order valence-electron chi connectivity index (χ2n) is 2.27. The van der Waals surface area contributed by atoms with Gasteiger partial charge >= 0.3 is 0 Å². The first-order chi connectivity index (χ1) is 5.52. The van der Waals surface area contributed by atoms with Gasteiger partial charge in [0.15, 0.2) is 5.82 Å². The Kier molecular flexibility index (Phi) is 2.72. The summed E-state index contributed by atoms with van der Waals surface area (Å²) in [4.78, 5) is 3.32. The number of hydrogen-bond donors (Lipinski definition) is 0. The maximum Gasteiger partial charge on any atom is 0.280 e. The van der Waals surface area contributed by atoms with E-state index in [1.807, 2.05) is 0 Å². The Morgan fingerprint density at radius 1 is 1.50 bits per heavy atom. The van der Waals surface area contributed by atoms with Crippen LogP contribution in [0.1, 0.15) is 17.7 Å². The molecule has 1 nitrogen and oxygen atoms in total. The van der Waals surface area contributed by atoms with Crippen LogP contribution in [0.5, 0.6) is 0 Å². The molecule has 0 saturated carbocycles. The lowest BCUT2D eigenvalue weighted by molar-refractivity contribution is 0.145. The summed E-state index contributed by atoms with van der Waals surface area (Å²) in [5.74, 6) is -0.598. The van der Waals surface area contributed by atoms with Crippen LogP contribution in [0, 0.1) is 12.7 Å². The van der Waals surface area contributed by atoms with E-state index in [4.69, 9.17) is 0 Å². The van der Waals surface area contributed by atoms with Gasteiger partial charge < -0.3 is 0 Å². The molecule has 0 fully saturated rings. The average molecular weight is 240 g/mol. The van der Waals surface area contributed by atoms with Crippen LogP contribution in [0.15, 0.2) is 10.7 Å². The molecule has 0 saturated heterocycles. The van der Waals surface area contributed by atoms with E-state index in [1.165, 1.54) is 6.92 Å². The van der Waals surface area contributed by atoms with Crippen molar-refractivity contribution in [1.29, 1.82) is 0 Å². The van der Waals surface area contributed by atoms with Crippen LogP contribution < -0.4 is 0 Å². The van der Waals surface area contributed by atoms with E-state index in [-0.39, 0.29) is 10.2 Å². The minimum Gasteiger partial charge on any atom is -0.237 e. The van der Waals surface area contributed by atoms with Gasteiger partial charge in [0.05, 0.1) is 0 Å². The zero-order valence-corrected chi connectivity index (χ0v) is 7.70. The van der Waals surface area contributed by atoms with E-state index in [0.717, 1.165) is 6.07 Å². The van der Waals surface area contributed by atoms with E-state index >= 15 is 0 Å². The van der Waals surface area contributed by atoms with Gasteiger partial charge in [-0.3, -0.25) is 0 Å². The number of halogens is 4. The van der Waals surface area contributed by atoms with Gasteiger partial charge in [0.1, 0.15) is 10.3 Å². The second-order valence-corrected chi connectivity index (χ2v) is 3.02. The number of rotatable bonds is 1. The van der Waals surface area contributed by atoms with Crippen molar-refractivity contribution in [3.8, 4) is 0 Å². The first kappa shape index (κ1) is 9.51. The zero-order chi connectivity index (χ0) is 9.30. The molecule has 5 heteroatoms. The lowest BCUT2D eigenvalue weighted by Crippen LogP contribution is -1.95. The number of alkyl halides is 2. The van der Waals surface area contributed by atoms with Crippen LogP contribution in [0.2, 0.25) is 0 Å². The van der Waals surface area contributed by atoms with Crippen molar-refractivity contribution in [3.63, 3.8) is 0 Å². The lowest BCUT2D eigenvalue weighted by atomic mass is 10.2. The minimum absolute atomic E-state index is 0.159. The van der Waals surface area contributed by atoms with Gasteiger partial charge in [0, 0.05) is 0 Å². The third kappa shape index (κ3) is 1.77. The number of aryl methyl sites for hydroxylation is 1. The molecule has 12 heavy (non-hydrogen) atoms. The van der Waals surface area contributed by atoms with Crippen LogP contribution in [0.3, 0.4) is 0 Å². The fourth-order valence-corrected chi connectivity index (χ4v) is 1.27. The molecule has 1 rings (SSSR count). The Labute approximate surface area is 75.7 Å². The second kappa shape index (κ2) is 3.43. The first-order valence-electron chi connectivity index (χ1n) is 3.13. The van der Waals surface area contributed by atoms with Crippen LogP contribution in [0.4, 0.5) is 13.2 Å². The number of hydrogen-bond acceptors (Lipinski definition) is 1. The van der Waals surface area contributed by atoms with Gasteiger partial charge in [0.25, 0.3) is 6.43 Å². The maximum absolute atomic E-state index is 12.8. The van der Waals surface area contributed by atoms with Crippen molar-refractivity contribution in [2.24, 2.45) is 0 Å². The van der Waals surface area contributed by atoms with Crippen LogP contribution in [-0.2, 0) is 0 Å². The quantitative estimate of drug-likeness (QED) is 0.686. The molecular weight excluding hydrogens is 235 g/mol. The molecule has 0 spiro atoms. The van der Waals surface area contributed by atoms with Crippen molar-refractivity contribution in [2.75, 3.05) is 0 Å². The number of aromatic nitrogens is 1. The highest BCUT2D eigenvalue weighted by Crippen LogP contribution is 2.23. The third-order valence-electron chi connectivity index (χ3n) is 1.34. The van der Waals surface area contributed by atoms with Crippen molar-refractivity contribution >= 4 is 15.9 Å². The van der Waals surface area contributed by atoms with E-state index < -0.39 is 17.9 Å². The Morgan fingerprint density at radius 3 is 2.50 bits per heavy atom. The number of nitrogens with zero attached hydrogens (tertiary/aromatic N) is 1. The Balaban J connectivity index is 3.21. The van der Waals surface area contributed by atoms with Gasteiger partial charge in [0.2, 0.25) is 0 Å². The van der Waals surface area contributed by atoms with Crippen molar-refractivity contribution in [2.45, 2.75) is 13.3 Å². The number of pyridine rings is 1. The normalized spacial score (nSPS) is 10.8. The molecule has 0 amide bonds. The highest BCUT2D eigenvalue weighted by atomic mass is 79.9. The van der Waals surface area contributed by atoms with Gasteiger partial charge in [-0.05, 0) is 34.5 Å². The molecule has 0 atom stereocenters. The summed E-state index contributed by atoms with van der Waals surface area (Å²) in [7, 11) is 0. The molecule has 0 aliphatic rings. The fourth-order valence-electron chi connectivity index (χ4n) is 0.754. The highest BCUT2D eigenvalue weighted by Gasteiger charge is 2.13. The van der Waals surface area contributed by atoms with Gasteiger partial charge in [-0.15, -0.1) is 0 Å². The molecule has 66 valence electrons. The summed E-state index contributed by atoms with van der Waals surface area (Å²) in [5.41, 5.74) is -0.257. The maximum atomic E-state index is 12.8. The lowest BCUT2D eigenvalue weighted by Gasteiger charge is -2.02. The largest absolute Gasteiger partial charge is 0.280 e. The average Bonchev–Trinajstić information content (AvgIpc) is 1.99. The Morgan fingerprint density at radius 2 is 2.08 bits per heavy atom. The molecule has 1 aromatic heterocycles. The Hall–Kier alpha value is -0.580. The Bertz CT molecular complexity index is 278. The third-order valence-corrected chi connectivity index (χ3v) is 1.87. The van der Waals surface area contributed by atoms with Crippen molar-refractivity contribution < 1.29 is 13.2 Å². The monoisotopic (exact) mass is 239 g/mol. The predicted molar refractivity (Wildman–Crippen MR) is 41.6 cm³/mol. The predicted octanol–water partition coefficient (Wildman–Crippen LogP) is 3.23. The molecule has 0 radical (unpaired) electrons. The molecule has 0 unspecified atom stereocenters. The van der Waals surface area contributed by atoms with Crippen molar-refractivity contribution in [3.05, 3.63) is 27.7 Å². The summed E-state index contributed by atoms with van der Waals surface area (Å²) in [5, 5.41) is 0. The van der Waals surface area contributed by atoms with Gasteiger partial charge in [-0.1, -0.05) is 0 Å². The smallest absolute Gasteiger partial charge is 0.237 e. The molecule has 1 aromatic rings. The molecule has 0 aromatic carbocycles. The topological polar surface area (TPSA) is 12.9 Å².